The van der Waals surface area contributed by atoms with Crippen LogP contribution in [0.4, 0.5) is 0 Å². The zero-order valence-electron chi connectivity index (χ0n) is 8.95. The second-order valence-electron chi connectivity index (χ2n) is 3.99. The van der Waals surface area contributed by atoms with Crippen LogP contribution in [0.2, 0.25) is 0 Å². The Bertz CT molecular complexity index is 535. The Morgan fingerprint density at radius 2 is 2.31 bits per heavy atom. The lowest BCUT2D eigenvalue weighted by molar-refractivity contribution is -0.135. The fraction of sp³-hybridized carbons (Fsp3) is 0.231. The van der Waals surface area contributed by atoms with E-state index in [2.05, 4.69) is 6.07 Å². The molecule has 3 nitrogen and oxygen atoms in total. The lowest BCUT2D eigenvalue weighted by Crippen LogP contribution is -1.97. The summed E-state index contributed by atoms with van der Waals surface area (Å²) in [5, 5.41) is 17.7. The van der Waals surface area contributed by atoms with Crippen molar-refractivity contribution in [3.63, 3.8) is 0 Å². The smallest absolute Gasteiger partial charge is 0.307 e. The molecule has 0 fully saturated rings. The van der Waals surface area contributed by atoms with Gasteiger partial charge in [0.15, 0.2) is 0 Å². The molecule has 0 bridgehead atoms. The highest BCUT2D eigenvalue weighted by molar-refractivity contribution is 5.88. The highest BCUT2D eigenvalue weighted by Crippen LogP contribution is 2.35. The highest BCUT2D eigenvalue weighted by atomic mass is 16.4. The molecule has 16 heavy (non-hydrogen) atoms. The van der Waals surface area contributed by atoms with Gasteiger partial charge in [0.2, 0.25) is 0 Å². The number of benzene rings is 1. The van der Waals surface area contributed by atoms with Crippen LogP contribution >= 0.6 is 0 Å². The van der Waals surface area contributed by atoms with Crippen molar-refractivity contribution in [2.75, 3.05) is 0 Å². The van der Waals surface area contributed by atoms with Gasteiger partial charge in [0.1, 0.15) is 0 Å². The van der Waals surface area contributed by atoms with E-state index >= 15 is 0 Å². The van der Waals surface area contributed by atoms with Gasteiger partial charge in [-0.3, -0.25) is 4.79 Å². The van der Waals surface area contributed by atoms with Crippen molar-refractivity contribution >= 4 is 11.5 Å². The Morgan fingerprint density at radius 1 is 1.56 bits per heavy atom. The van der Waals surface area contributed by atoms with E-state index < -0.39 is 5.97 Å². The summed E-state index contributed by atoms with van der Waals surface area (Å²) in [4.78, 5) is 10.8. The van der Waals surface area contributed by atoms with Crippen molar-refractivity contribution in [3.8, 4) is 6.07 Å². The van der Waals surface area contributed by atoms with Crippen molar-refractivity contribution in [2.24, 2.45) is 0 Å². The Kier molecular flexibility index (Phi) is 2.49. The summed E-state index contributed by atoms with van der Waals surface area (Å²) in [6.45, 7) is 1.95. The SMILES string of the molecule is CC1=C(CC(=O)O)c2cc(C#N)ccc2C1. The van der Waals surface area contributed by atoms with Crippen LogP contribution in [0.1, 0.15) is 30.0 Å². The third-order valence-corrected chi connectivity index (χ3v) is 2.86. The first-order valence-electron chi connectivity index (χ1n) is 5.05. The normalized spacial score (nSPS) is 13.5. The minimum absolute atomic E-state index is 0.0354. The largest absolute Gasteiger partial charge is 0.481 e. The number of hydrogen-bond donors (Lipinski definition) is 1. The molecule has 0 saturated heterocycles. The molecule has 0 unspecified atom stereocenters. The van der Waals surface area contributed by atoms with Crippen molar-refractivity contribution in [3.05, 3.63) is 40.5 Å². The van der Waals surface area contributed by atoms with Gasteiger partial charge in [0.05, 0.1) is 18.1 Å². The Balaban J connectivity index is 2.47. The van der Waals surface area contributed by atoms with Gasteiger partial charge in [-0.05, 0) is 42.2 Å². The van der Waals surface area contributed by atoms with Gasteiger partial charge in [0, 0.05) is 0 Å². The number of allylic oxidation sites excluding steroid dienone is 1. The van der Waals surface area contributed by atoms with Gasteiger partial charge in [-0.1, -0.05) is 11.6 Å². The Labute approximate surface area is 93.6 Å². The zero-order valence-corrected chi connectivity index (χ0v) is 8.95. The fourth-order valence-corrected chi connectivity index (χ4v) is 2.10. The summed E-state index contributed by atoms with van der Waals surface area (Å²) in [7, 11) is 0. The monoisotopic (exact) mass is 213 g/mol. The summed E-state index contributed by atoms with van der Waals surface area (Å²) in [6, 6.07) is 7.54. The molecule has 0 aliphatic heterocycles. The molecule has 1 N–H and O–H groups in total. The molecule has 0 aromatic heterocycles. The summed E-state index contributed by atoms with van der Waals surface area (Å²) in [6.07, 6.45) is 0.831. The van der Waals surface area contributed by atoms with Gasteiger partial charge < -0.3 is 5.11 Å². The number of hydrogen-bond acceptors (Lipinski definition) is 2. The molecule has 1 aromatic rings. The molecular weight excluding hydrogens is 202 g/mol. The van der Waals surface area contributed by atoms with Crippen LogP contribution in [0.15, 0.2) is 23.8 Å². The van der Waals surface area contributed by atoms with Crippen LogP contribution in [-0.4, -0.2) is 11.1 Å². The molecule has 0 radical (unpaired) electrons. The molecule has 2 rings (SSSR count). The maximum absolute atomic E-state index is 10.8. The molecule has 3 heteroatoms. The predicted octanol–water partition coefficient (Wildman–Crippen LogP) is 2.36. The van der Waals surface area contributed by atoms with Crippen LogP contribution in [0, 0.1) is 11.3 Å². The molecule has 0 atom stereocenters. The first kappa shape index (κ1) is 10.4. The maximum atomic E-state index is 10.8. The first-order chi connectivity index (χ1) is 7.61. The maximum Gasteiger partial charge on any atom is 0.307 e. The average Bonchev–Trinajstić information content (AvgIpc) is 2.54. The second-order valence-corrected chi connectivity index (χ2v) is 3.99. The lowest BCUT2D eigenvalue weighted by atomic mass is 10.0. The van der Waals surface area contributed by atoms with E-state index in [1.807, 2.05) is 13.0 Å². The van der Waals surface area contributed by atoms with Gasteiger partial charge in [-0.15, -0.1) is 0 Å². The van der Waals surface area contributed by atoms with E-state index in [1.165, 1.54) is 0 Å². The molecule has 0 saturated carbocycles. The summed E-state index contributed by atoms with van der Waals surface area (Å²) >= 11 is 0. The van der Waals surface area contributed by atoms with Crippen LogP contribution < -0.4 is 0 Å². The fourth-order valence-electron chi connectivity index (χ4n) is 2.10. The van der Waals surface area contributed by atoms with E-state index in [1.54, 1.807) is 12.1 Å². The molecule has 1 aromatic carbocycles. The molecular formula is C13H11NO2. The van der Waals surface area contributed by atoms with Crippen LogP contribution in [-0.2, 0) is 11.2 Å². The topological polar surface area (TPSA) is 61.1 Å². The number of rotatable bonds is 2. The van der Waals surface area contributed by atoms with Crippen molar-refractivity contribution in [1.29, 1.82) is 5.26 Å². The molecule has 1 aliphatic rings. The number of carbonyl (C=O) groups is 1. The third-order valence-electron chi connectivity index (χ3n) is 2.86. The van der Waals surface area contributed by atoms with Gasteiger partial charge in [-0.2, -0.15) is 5.26 Å². The predicted molar refractivity (Wildman–Crippen MR) is 59.7 cm³/mol. The van der Waals surface area contributed by atoms with Crippen molar-refractivity contribution in [2.45, 2.75) is 19.8 Å². The third kappa shape index (κ3) is 1.70. The van der Waals surface area contributed by atoms with Crippen LogP contribution in [0.5, 0.6) is 0 Å². The van der Waals surface area contributed by atoms with Gasteiger partial charge >= 0.3 is 5.97 Å². The molecule has 1 aliphatic carbocycles. The number of nitrogens with zero attached hydrogens (tertiary/aromatic N) is 1. The molecule has 80 valence electrons. The summed E-state index contributed by atoms with van der Waals surface area (Å²) < 4.78 is 0. The van der Waals surface area contributed by atoms with Crippen molar-refractivity contribution < 1.29 is 9.90 Å². The van der Waals surface area contributed by atoms with E-state index in [9.17, 15) is 4.79 Å². The van der Waals surface area contributed by atoms with E-state index in [0.717, 1.165) is 28.7 Å². The second kappa shape index (κ2) is 3.82. The minimum Gasteiger partial charge on any atom is -0.481 e. The summed E-state index contributed by atoms with van der Waals surface area (Å²) in [5.41, 5.74) is 4.58. The molecule has 0 amide bonds. The summed E-state index contributed by atoms with van der Waals surface area (Å²) in [5.74, 6) is -0.829. The van der Waals surface area contributed by atoms with Gasteiger partial charge in [-0.25, -0.2) is 0 Å². The van der Waals surface area contributed by atoms with Crippen LogP contribution in [0.25, 0.3) is 5.57 Å². The number of fused-ring (bicyclic) bond motifs is 1. The quantitative estimate of drug-likeness (QED) is 0.820. The van der Waals surface area contributed by atoms with Crippen molar-refractivity contribution in [1.82, 2.24) is 0 Å². The minimum atomic E-state index is -0.829. The number of aliphatic carboxylic acids is 1. The number of nitriles is 1. The lowest BCUT2D eigenvalue weighted by Gasteiger charge is -2.04. The first-order valence-corrected chi connectivity index (χ1v) is 5.05. The number of carboxylic acid groups (broad SMARTS) is 1. The average molecular weight is 213 g/mol. The zero-order chi connectivity index (χ0) is 11.7. The Hall–Kier alpha value is -2.08. The van der Waals surface area contributed by atoms with Gasteiger partial charge in [0.25, 0.3) is 0 Å². The van der Waals surface area contributed by atoms with E-state index in [-0.39, 0.29) is 6.42 Å². The Morgan fingerprint density at radius 3 is 2.94 bits per heavy atom. The van der Waals surface area contributed by atoms with E-state index in [4.69, 9.17) is 10.4 Å². The molecule has 0 heterocycles. The number of carboxylic acids is 1. The molecule has 0 spiro atoms. The van der Waals surface area contributed by atoms with Crippen LogP contribution in [0.3, 0.4) is 0 Å². The highest BCUT2D eigenvalue weighted by Gasteiger charge is 2.20. The van der Waals surface area contributed by atoms with E-state index in [0.29, 0.717) is 5.56 Å². The standard InChI is InChI=1S/C13H11NO2/c1-8-4-10-3-2-9(7-14)5-12(10)11(8)6-13(15)16/h2-3,5H,4,6H2,1H3,(H,15,16).